The number of amides is 1. The molecule has 1 aliphatic heterocycles. The Morgan fingerprint density at radius 1 is 1.60 bits per heavy atom. The van der Waals surface area contributed by atoms with E-state index in [0.717, 1.165) is 6.42 Å². The highest BCUT2D eigenvalue weighted by Crippen LogP contribution is 2.12. The van der Waals surface area contributed by atoms with Crippen LogP contribution >= 0.6 is 0 Å². The summed E-state index contributed by atoms with van der Waals surface area (Å²) in [6.45, 7) is 0. The van der Waals surface area contributed by atoms with Crippen LogP contribution in [0.5, 0.6) is 0 Å². The first kappa shape index (κ1) is 7.53. The van der Waals surface area contributed by atoms with Crippen molar-refractivity contribution in [3.05, 3.63) is 0 Å². The fourth-order valence-corrected chi connectivity index (χ4v) is 1.97. The molecule has 0 atom stereocenters. The van der Waals surface area contributed by atoms with Gasteiger partial charge in [0.15, 0.2) is 0 Å². The van der Waals surface area contributed by atoms with Crippen LogP contribution in [0.15, 0.2) is 4.36 Å². The number of carbonyl (C=O) groups is 1. The summed E-state index contributed by atoms with van der Waals surface area (Å²) in [6, 6.07) is 0. The molecule has 1 saturated heterocycles. The quantitative estimate of drug-likeness (QED) is 0.526. The summed E-state index contributed by atoms with van der Waals surface area (Å²) in [5, 5.41) is 0. The Morgan fingerprint density at radius 3 is 2.50 bits per heavy atom. The summed E-state index contributed by atoms with van der Waals surface area (Å²) in [6.07, 6.45) is 0.184. The maximum Gasteiger partial charge on any atom is 0.441 e. The number of hydrogen-bond donors (Lipinski definition) is 0. The van der Waals surface area contributed by atoms with E-state index in [2.05, 4.69) is 9.10 Å². The van der Waals surface area contributed by atoms with Crippen molar-refractivity contribution in [2.75, 3.05) is 18.6 Å². The van der Waals surface area contributed by atoms with Crippen LogP contribution in [0.4, 0.5) is 4.79 Å². The predicted octanol–water partition coefficient (Wildman–Crippen LogP) is 0.625. The second-order valence-corrected chi connectivity index (χ2v) is 4.64. The lowest BCUT2D eigenvalue weighted by molar-refractivity contribution is 0.183. The lowest BCUT2D eigenvalue weighted by Crippen LogP contribution is -2.24. The molecular weight excluding hydrogens is 154 g/mol. The number of nitrogens with zero attached hydrogens (tertiary/aromatic N) is 1. The summed E-state index contributed by atoms with van der Waals surface area (Å²) in [7, 11) is -0.920. The summed E-state index contributed by atoms with van der Waals surface area (Å²) >= 11 is 0. The Bertz CT molecular complexity index is 242. The molecule has 0 radical (unpaired) electrons. The Labute approximate surface area is 59.7 Å². The van der Waals surface area contributed by atoms with Crippen LogP contribution in [0, 0.1) is 0 Å². The average Bonchev–Trinajstić information content (AvgIpc) is 1.84. The SMILES string of the molecule is COC(=O)N=S1(=O)CCC1. The minimum atomic E-state index is -2.15. The Morgan fingerprint density at radius 2 is 2.20 bits per heavy atom. The van der Waals surface area contributed by atoms with Gasteiger partial charge in [-0.3, -0.25) is 0 Å². The Balaban J connectivity index is 2.70. The molecule has 4 nitrogen and oxygen atoms in total. The topological polar surface area (TPSA) is 55.7 Å². The van der Waals surface area contributed by atoms with Gasteiger partial charge < -0.3 is 4.74 Å². The van der Waals surface area contributed by atoms with E-state index in [1.54, 1.807) is 0 Å². The van der Waals surface area contributed by atoms with Gasteiger partial charge in [-0.15, -0.1) is 4.36 Å². The van der Waals surface area contributed by atoms with Gasteiger partial charge in [-0.1, -0.05) is 0 Å². The molecule has 1 amide bonds. The first-order valence-electron chi connectivity index (χ1n) is 2.97. The van der Waals surface area contributed by atoms with Crippen molar-refractivity contribution in [2.45, 2.75) is 6.42 Å². The molecule has 0 aromatic rings. The fraction of sp³-hybridized carbons (Fsp3) is 0.800. The second kappa shape index (κ2) is 2.57. The number of carbonyl (C=O) groups excluding carboxylic acids is 1. The largest absolute Gasteiger partial charge is 0.451 e. The molecule has 0 aromatic carbocycles. The molecule has 1 rings (SSSR count). The third-order valence-electron chi connectivity index (χ3n) is 1.34. The van der Waals surface area contributed by atoms with Crippen molar-refractivity contribution in [1.82, 2.24) is 0 Å². The lowest BCUT2D eigenvalue weighted by atomic mass is 10.5. The predicted molar refractivity (Wildman–Crippen MR) is 37.3 cm³/mol. The van der Waals surface area contributed by atoms with E-state index in [0.29, 0.717) is 11.5 Å². The molecule has 1 aliphatic rings. The van der Waals surface area contributed by atoms with Crippen molar-refractivity contribution in [2.24, 2.45) is 4.36 Å². The molecular formula is C5H9NO3S. The molecule has 10 heavy (non-hydrogen) atoms. The van der Waals surface area contributed by atoms with Gasteiger partial charge in [0, 0.05) is 11.5 Å². The zero-order chi connectivity index (χ0) is 7.61. The maximum atomic E-state index is 11.1. The summed E-state index contributed by atoms with van der Waals surface area (Å²) in [5.41, 5.74) is 0. The van der Waals surface area contributed by atoms with Gasteiger partial charge in [0.25, 0.3) is 0 Å². The first-order chi connectivity index (χ1) is 4.66. The van der Waals surface area contributed by atoms with Gasteiger partial charge >= 0.3 is 6.09 Å². The molecule has 0 spiro atoms. The van der Waals surface area contributed by atoms with Gasteiger partial charge in [-0.05, 0) is 6.42 Å². The molecule has 5 heteroatoms. The number of hydrogen-bond acceptors (Lipinski definition) is 3. The van der Waals surface area contributed by atoms with Crippen molar-refractivity contribution in [3.63, 3.8) is 0 Å². The van der Waals surface area contributed by atoms with Gasteiger partial charge in [0.1, 0.15) is 0 Å². The number of methoxy groups -OCH3 is 1. The van der Waals surface area contributed by atoms with Crippen molar-refractivity contribution >= 4 is 15.8 Å². The highest BCUT2D eigenvalue weighted by atomic mass is 32.2. The minimum Gasteiger partial charge on any atom is -0.451 e. The molecule has 0 bridgehead atoms. The summed E-state index contributed by atoms with van der Waals surface area (Å²) < 4.78 is 18.8. The molecule has 0 aromatic heterocycles. The van der Waals surface area contributed by atoms with E-state index in [-0.39, 0.29) is 0 Å². The third-order valence-corrected chi connectivity index (χ3v) is 3.68. The second-order valence-electron chi connectivity index (χ2n) is 2.10. The van der Waals surface area contributed by atoms with Gasteiger partial charge in [0.05, 0.1) is 16.8 Å². The van der Waals surface area contributed by atoms with Crippen LogP contribution in [0.1, 0.15) is 6.42 Å². The van der Waals surface area contributed by atoms with Gasteiger partial charge in [-0.2, -0.15) is 0 Å². The van der Waals surface area contributed by atoms with E-state index in [1.807, 2.05) is 0 Å². The van der Waals surface area contributed by atoms with E-state index < -0.39 is 15.8 Å². The average molecular weight is 163 g/mol. The smallest absolute Gasteiger partial charge is 0.441 e. The van der Waals surface area contributed by atoms with Crippen molar-refractivity contribution in [1.29, 1.82) is 0 Å². The summed E-state index contributed by atoms with van der Waals surface area (Å²) in [5.74, 6) is 1.09. The van der Waals surface area contributed by atoms with E-state index in [9.17, 15) is 9.00 Å². The monoisotopic (exact) mass is 163 g/mol. The Hall–Kier alpha value is -0.580. The standard InChI is InChI=1S/C5H9NO3S/c1-9-5(7)6-10(8)3-2-4-10/h2-4H2,1H3. The van der Waals surface area contributed by atoms with Crippen molar-refractivity contribution < 1.29 is 13.7 Å². The van der Waals surface area contributed by atoms with Crippen LogP contribution in [-0.4, -0.2) is 28.9 Å². The van der Waals surface area contributed by atoms with Gasteiger partial charge in [-0.25, -0.2) is 9.00 Å². The van der Waals surface area contributed by atoms with Crippen molar-refractivity contribution in [3.8, 4) is 0 Å². The highest BCUT2D eigenvalue weighted by molar-refractivity contribution is 7.95. The van der Waals surface area contributed by atoms with Crippen LogP contribution in [0.3, 0.4) is 0 Å². The third kappa shape index (κ3) is 1.47. The van der Waals surface area contributed by atoms with E-state index >= 15 is 0 Å². The molecule has 0 saturated carbocycles. The fourth-order valence-electron chi connectivity index (χ4n) is 0.656. The number of ether oxygens (including phenoxy) is 1. The molecule has 1 heterocycles. The van der Waals surface area contributed by atoms with Crippen LogP contribution < -0.4 is 0 Å². The molecule has 0 aliphatic carbocycles. The normalized spacial score (nSPS) is 20.9. The maximum absolute atomic E-state index is 11.1. The summed E-state index contributed by atoms with van der Waals surface area (Å²) in [4.78, 5) is 10.5. The molecule has 0 unspecified atom stereocenters. The Kier molecular flexibility index (Phi) is 1.94. The van der Waals surface area contributed by atoms with E-state index in [4.69, 9.17) is 0 Å². The number of rotatable bonds is 0. The lowest BCUT2D eigenvalue weighted by Gasteiger charge is -2.16. The molecule has 1 fully saturated rings. The van der Waals surface area contributed by atoms with Crippen LogP contribution in [0.2, 0.25) is 0 Å². The zero-order valence-corrected chi connectivity index (χ0v) is 6.52. The molecule has 58 valence electrons. The van der Waals surface area contributed by atoms with Crippen LogP contribution in [0.25, 0.3) is 0 Å². The van der Waals surface area contributed by atoms with Gasteiger partial charge in [0.2, 0.25) is 0 Å². The van der Waals surface area contributed by atoms with E-state index in [1.165, 1.54) is 7.11 Å². The minimum absolute atomic E-state index is 0.544. The highest BCUT2D eigenvalue weighted by Gasteiger charge is 2.20. The van der Waals surface area contributed by atoms with Crippen LogP contribution in [-0.2, 0) is 14.5 Å². The first-order valence-corrected chi connectivity index (χ1v) is 4.82. The molecule has 0 N–H and O–H groups in total. The zero-order valence-electron chi connectivity index (χ0n) is 5.70.